The highest BCUT2D eigenvalue weighted by Crippen LogP contribution is 2.53. The second-order valence-electron chi connectivity index (χ2n) is 11.8. The molecule has 2 amide bonds. The number of ketones is 1. The van der Waals surface area contributed by atoms with E-state index in [1.54, 1.807) is 29.6 Å². The lowest BCUT2D eigenvalue weighted by atomic mass is 9.76. The molecule has 3 aromatic rings. The van der Waals surface area contributed by atoms with Crippen molar-refractivity contribution in [1.82, 2.24) is 4.90 Å². The van der Waals surface area contributed by atoms with Crippen molar-refractivity contribution < 1.29 is 19.3 Å². The third-order valence-electron chi connectivity index (χ3n) is 8.32. The number of nitro groups is 1. The normalized spacial score (nSPS) is 23.0. The number of nitrogens with zero attached hydrogens (tertiary/aromatic N) is 2. The molecule has 1 aromatic heterocycles. The summed E-state index contributed by atoms with van der Waals surface area (Å²) in [5.41, 5.74) is 8.06. The smallest absolute Gasteiger partial charge is 0.269 e. The number of non-ortho nitro benzene ring substituents is 1. The van der Waals surface area contributed by atoms with Crippen molar-refractivity contribution in [2.45, 2.75) is 63.5 Å². The maximum absolute atomic E-state index is 14.3. The van der Waals surface area contributed by atoms with Gasteiger partial charge in [0.25, 0.3) is 5.69 Å². The van der Waals surface area contributed by atoms with Crippen LogP contribution >= 0.6 is 11.3 Å². The number of rotatable bonds is 7. The zero-order chi connectivity index (χ0) is 28.8. The Bertz CT molecular complexity index is 1440. The highest BCUT2D eigenvalue weighted by Gasteiger charge is 2.58. The molecular formula is C31H33N3O5S. The Morgan fingerprint density at radius 3 is 2.23 bits per heavy atom. The maximum Gasteiger partial charge on any atom is 0.269 e. The molecule has 40 heavy (non-hydrogen) atoms. The summed E-state index contributed by atoms with van der Waals surface area (Å²) >= 11 is 1.29. The molecule has 0 radical (unpaired) electrons. The fourth-order valence-corrected chi connectivity index (χ4v) is 6.75. The monoisotopic (exact) mass is 559 g/mol. The summed E-state index contributed by atoms with van der Waals surface area (Å²) in [7, 11) is 0. The van der Waals surface area contributed by atoms with Gasteiger partial charge in [-0.15, -0.1) is 11.3 Å². The Morgan fingerprint density at radius 1 is 1.00 bits per heavy atom. The first-order valence-electron chi connectivity index (χ1n) is 13.5. The summed E-state index contributed by atoms with van der Waals surface area (Å²) in [6.07, 6.45) is 2.29. The lowest BCUT2D eigenvalue weighted by Crippen LogP contribution is -2.49. The van der Waals surface area contributed by atoms with Gasteiger partial charge in [0.1, 0.15) is 6.04 Å². The molecule has 2 aliphatic rings. The van der Waals surface area contributed by atoms with Crippen molar-refractivity contribution in [3.05, 3.63) is 97.7 Å². The topological polar surface area (TPSA) is 124 Å². The number of nitro benzene ring substituents is 1. The van der Waals surface area contributed by atoms with Crippen molar-refractivity contribution in [2.24, 2.45) is 17.6 Å². The minimum absolute atomic E-state index is 0.110. The molecule has 9 heteroatoms. The molecule has 2 aromatic carbocycles. The highest BCUT2D eigenvalue weighted by molar-refractivity contribution is 7.12. The average Bonchev–Trinajstić information content (AvgIpc) is 3.54. The third-order valence-corrected chi connectivity index (χ3v) is 9.20. The van der Waals surface area contributed by atoms with E-state index >= 15 is 0 Å². The van der Waals surface area contributed by atoms with Gasteiger partial charge in [-0.25, -0.2) is 0 Å². The lowest BCUT2D eigenvalue weighted by molar-refractivity contribution is -0.385. The number of likely N-dealkylation sites (tertiary alicyclic amines) is 1. The Kier molecular flexibility index (Phi) is 7.35. The number of hydrogen-bond acceptors (Lipinski definition) is 6. The van der Waals surface area contributed by atoms with E-state index in [1.807, 2.05) is 24.3 Å². The van der Waals surface area contributed by atoms with Gasteiger partial charge in [-0.3, -0.25) is 24.5 Å². The maximum atomic E-state index is 14.3. The Hall–Kier alpha value is -3.85. The zero-order valence-electron chi connectivity index (χ0n) is 22.8. The van der Waals surface area contributed by atoms with Crippen LogP contribution in [0.25, 0.3) is 0 Å². The van der Waals surface area contributed by atoms with Crippen LogP contribution in [0.4, 0.5) is 5.69 Å². The van der Waals surface area contributed by atoms with Crippen LogP contribution in [0.15, 0.2) is 66.0 Å². The molecule has 4 atom stereocenters. The van der Waals surface area contributed by atoms with E-state index < -0.39 is 34.7 Å². The summed E-state index contributed by atoms with van der Waals surface area (Å²) < 4.78 is 0. The van der Waals surface area contributed by atoms with Gasteiger partial charge in [-0.2, -0.15) is 0 Å². The first-order chi connectivity index (χ1) is 19.0. The van der Waals surface area contributed by atoms with Crippen LogP contribution in [0.3, 0.4) is 0 Å². The van der Waals surface area contributed by atoms with Crippen molar-refractivity contribution >= 4 is 34.6 Å². The van der Waals surface area contributed by atoms with Crippen molar-refractivity contribution in [2.75, 3.05) is 0 Å². The molecule has 4 unspecified atom stereocenters. The first kappa shape index (κ1) is 27.7. The Balaban J connectivity index is 1.74. The SMILES string of the molecule is CC(C)(C)c1ccc(C2C(C(=O)c3cccs3)C(c3cccc([N+](=O)[O-])c3)N(C(=O)C3CCC3)C2C(N)=O)cc1. The summed E-state index contributed by atoms with van der Waals surface area (Å²) in [6, 6.07) is 15.3. The van der Waals surface area contributed by atoms with E-state index in [9.17, 15) is 24.5 Å². The summed E-state index contributed by atoms with van der Waals surface area (Å²) in [4.78, 5) is 54.8. The van der Waals surface area contributed by atoms with Crippen molar-refractivity contribution in [3.8, 4) is 0 Å². The van der Waals surface area contributed by atoms with Crippen LogP contribution < -0.4 is 5.73 Å². The minimum atomic E-state index is -1.09. The number of primary amides is 1. The van der Waals surface area contributed by atoms with Gasteiger partial charge in [0.05, 0.1) is 21.8 Å². The molecule has 2 N–H and O–H groups in total. The molecular weight excluding hydrogens is 526 g/mol. The second-order valence-corrected chi connectivity index (χ2v) is 12.7. The van der Waals surface area contributed by atoms with Crippen LogP contribution in [0, 0.1) is 22.0 Å². The number of hydrogen-bond donors (Lipinski definition) is 1. The van der Waals surface area contributed by atoms with Crippen LogP contribution in [0.2, 0.25) is 0 Å². The number of benzene rings is 2. The predicted molar refractivity (Wildman–Crippen MR) is 153 cm³/mol. The predicted octanol–water partition coefficient (Wildman–Crippen LogP) is 5.77. The molecule has 208 valence electrons. The van der Waals surface area contributed by atoms with E-state index in [4.69, 9.17) is 5.73 Å². The highest BCUT2D eigenvalue weighted by atomic mass is 32.1. The number of amides is 2. The van der Waals surface area contributed by atoms with Gasteiger partial charge in [-0.1, -0.05) is 69.7 Å². The number of thiophene rings is 1. The summed E-state index contributed by atoms with van der Waals surface area (Å²) in [5, 5.41) is 13.5. The van der Waals surface area contributed by atoms with Gasteiger partial charge in [0, 0.05) is 24.0 Å². The molecule has 2 heterocycles. The van der Waals surface area contributed by atoms with Crippen LogP contribution in [0.5, 0.6) is 0 Å². The van der Waals surface area contributed by atoms with Gasteiger partial charge >= 0.3 is 0 Å². The third kappa shape index (κ3) is 4.94. The van der Waals surface area contributed by atoms with Crippen LogP contribution in [0.1, 0.15) is 78.4 Å². The van der Waals surface area contributed by atoms with E-state index in [1.165, 1.54) is 28.4 Å². The summed E-state index contributed by atoms with van der Waals surface area (Å²) in [6.45, 7) is 6.30. The molecule has 1 aliphatic carbocycles. The lowest BCUT2D eigenvalue weighted by Gasteiger charge is -2.36. The molecule has 8 nitrogen and oxygen atoms in total. The van der Waals surface area contributed by atoms with Crippen molar-refractivity contribution in [3.63, 3.8) is 0 Å². The van der Waals surface area contributed by atoms with Gasteiger partial charge in [0.2, 0.25) is 11.8 Å². The van der Waals surface area contributed by atoms with E-state index in [-0.39, 0.29) is 28.7 Å². The van der Waals surface area contributed by atoms with Crippen LogP contribution in [-0.2, 0) is 15.0 Å². The standard InChI is InChI=1S/C31H33N3O5S/c1-31(2,3)21-14-12-18(13-15-21)24-25(28(35)23-11-6-16-40-23)26(20-9-5-10-22(17-20)34(38)39)33(27(24)29(32)36)30(37)19-7-4-8-19/h5-6,9-17,19,24-27H,4,7-8H2,1-3H3,(H2,32,36). The number of carbonyl (C=O) groups is 3. The fraction of sp³-hybridized carbons (Fsp3) is 0.387. The van der Waals surface area contributed by atoms with E-state index in [0.717, 1.165) is 17.5 Å². The van der Waals surface area contributed by atoms with Gasteiger partial charge in [0.15, 0.2) is 5.78 Å². The molecule has 0 bridgehead atoms. The summed E-state index contributed by atoms with van der Waals surface area (Å²) in [5.74, 6) is -3.02. The quantitative estimate of drug-likeness (QED) is 0.223. The molecule has 1 aliphatic heterocycles. The number of carbonyl (C=O) groups excluding carboxylic acids is 3. The molecule has 1 saturated carbocycles. The molecule has 0 spiro atoms. The van der Waals surface area contributed by atoms with Crippen LogP contribution in [-0.4, -0.2) is 33.5 Å². The number of Topliss-reactive ketones (excluding diaryl/α,β-unsaturated/α-hetero) is 1. The second kappa shape index (κ2) is 10.6. The molecule has 2 fully saturated rings. The van der Waals surface area contributed by atoms with E-state index in [0.29, 0.717) is 23.3 Å². The fourth-order valence-electron chi connectivity index (χ4n) is 6.04. The van der Waals surface area contributed by atoms with Crippen molar-refractivity contribution in [1.29, 1.82) is 0 Å². The molecule has 5 rings (SSSR count). The average molecular weight is 560 g/mol. The van der Waals surface area contributed by atoms with E-state index in [2.05, 4.69) is 20.8 Å². The number of nitrogens with two attached hydrogens (primary N) is 1. The van der Waals surface area contributed by atoms with Gasteiger partial charge < -0.3 is 10.6 Å². The van der Waals surface area contributed by atoms with Gasteiger partial charge in [-0.05, 0) is 46.4 Å². The zero-order valence-corrected chi connectivity index (χ0v) is 23.6. The Morgan fingerprint density at radius 2 is 1.70 bits per heavy atom. The largest absolute Gasteiger partial charge is 0.368 e. The first-order valence-corrected chi connectivity index (χ1v) is 14.4. The molecule has 1 saturated heterocycles. The Labute approximate surface area is 237 Å². The minimum Gasteiger partial charge on any atom is -0.368 e.